The van der Waals surface area contributed by atoms with Gasteiger partial charge >= 0.3 is 0 Å². The molecule has 0 fully saturated rings. The summed E-state index contributed by atoms with van der Waals surface area (Å²) in [5.41, 5.74) is 8.15. The molecule has 0 aliphatic heterocycles. The topological polar surface area (TPSA) is 59.8 Å². The quantitative estimate of drug-likeness (QED) is 0.222. The molecule has 0 saturated heterocycles. The summed E-state index contributed by atoms with van der Waals surface area (Å²) >= 11 is 8.02. The van der Waals surface area contributed by atoms with Gasteiger partial charge in [0, 0.05) is 29.1 Å². The third-order valence-electron chi connectivity index (χ3n) is 6.33. The van der Waals surface area contributed by atoms with Gasteiger partial charge in [-0.3, -0.25) is 9.78 Å². The molecule has 7 heteroatoms. The molecule has 3 aromatic carbocycles. The first-order chi connectivity index (χ1) is 18.0. The molecule has 0 unspecified atom stereocenters. The number of nitrogens with one attached hydrogen (secondary N) is 1. The number of thioether (sulfide) groups is 1. The zero-order chi connectivity index (χ0) is 25.8. The van der Waals surface area contributed by atoms with Crippen LogP contribution in [0.25, 0.3) is 11.0 Å². The Hall–Kier alpha value is -3.61. The van der Waals surface area contributed by atoms with Crippen molar-refractivity contribution in [3.8, 4) is 0 Å². The summed E-state index contributed by atoms with van der Waals surface area (Å²) in [5, 5.41) is 4.70. The number of fused-ring (bicyclic) bond motifs is 1. The van der Waals surface area contributed by atoms with Crippen molar-refractivity contribution in [1.29, 1.82) is 0 Å². The highest BCUT2D eigenvalue weighted by molar-refractivity contribution is 7.98. The highest BCUT2D eigenvalue weighted by Gasteiger charge is 2.14. The molecule has 5 rings (SSSR count). The van der Waals surface area contributed by atoms with Gasteiger partial charge < -0.3 is 9.88 Å². The highest BCUT2D eigenvalue weighted by Crippen LogP contribution is 2.29. The van der Waals surface area contributed by atoms with E-state index >= 15 is 0 Å². The van der Waals surface area contributed by atoms with E-state index in [-0.39, 0.29) is 5.91 Å². The van der Waals surface area contributed by atoms with E-state index in [4.69, 9.17) is 16.6 Å². The number of carbonyl (C=O) groups excluding carboxylic acids is 1. The summed E-state index contributed by atoms with van der Waals surface area (Å²) in [5.74, 6) is 0.636. The van der Waals surface area contributed by atoms with Crippen molar-refractivity contribution in [2.45, 2.75) is 37.8 Å². The molecule has 1 amide bonds. The highest BCUT2D eigenvalue weighted by atomic mass is 35.5. The summed E-state index contributed by atoms with van der Waals surface area (Å²) < 4.78 is 2.17. The minimum absolute atomic E-state index is 0.0827. The second-order valence-corrected chi connectivity index (χ2v) is 10.4. The molecule has 0 atom stereocenters. The van der Waals surface area contributed by atoms with Crippen LogP contribution in [0.15, 0.2) is 90.3 Å². The van der Waals surface area contributed by atoms with Gasteiger partial charge in [-0.2, -0.15) is 0 Å². The second kappa shape index (κ2) is 11.2. The molecule has 0 spiro atoms. The van der Waals surface area contributed by atoms with Crippen molar-refractivity contribution in [3.05, 3.63) is 124 Å². The monoisotopic (exact) mass is 526 g/mol. The van der Waals surface area contributed by atoms with Crippen LogP contribution < -0.4 is 5.32 Å². The van der Waals surface area contributed by atoms with Gasteiger partial charge in [-0.25, -0.2) is 4.98 Å². The molecule has 5 aromatic rings. The predicted molar refractivity (Wildman–Crippen MR) is 151 cm³/mol. The van der Waals surface area contributed by atoms with Crippen molar-refractivity contribution in [2.75, 3.05) is 0 Å². The molecule has 186 valence electrons. The van der Waals surface area contributed by atoms with Crippen LogP contribution in [-0.2, 0) is 18.8 Å². The number of nitrogens with zero attached hydrogens (tertiary/aromatic N) is 3. The minimum atomic E-state index is -0.0827. The molecular formula is C30H27ClN4OS. The van der Waals surface area contributed by atoms with E-state index in [0.717, 1.165) is 43.7 Å². The van der Waals surface area contributed by atoms with E-state index < -0.39 is 0 Å². The Morgan fingerprint density at radius 3 is 2.62 bits per heavy atom. The Bertz CT molecular complexity index is 1560. The summed E-state index contributed by atoms with van der Waals surface area (Å²) in [6.07, 6.45) is 3.60. The molecule has 37 heavy (non-hydrogen) atoms. The summed E-state index contributed by atoms with van der Waals surface area (Å²) in [7, 11) is 0. The lowest BCUT2D eigenvalue weighted by atomic mass is 10.1. The number of aromatic nitrogens is 3. The smallest absolute Gasteiger partial charge is 0.251 e. The maximum atomic E-state index is 12.8. The molecular weight excluding hydrogens is 500 g/mol. The van der Waals surface area contributed by atoms with E-state index in [1.54, 1.807) is 18.0 Å². The van der Waals surface area contributed by atoms with Crippen LogP contribution in [0.3, 0.4) is 0 Å². The van der Waals surface area contributed by atoms with Crippen LogP contribution in [0.1, 0.15) is 38.2 Å². The molecule has 0 saturated carbocycles. The van der Waals surface area contributed by atoms with Crippen LogP contribution in [-0.4, -0.2) is 20.4 Å². The van der Waals surface area contributed by atoms with Gasteiger partial charge in [0.2, 0.25) is 0 Å². The average molecular weight is 527 g/mol. The van der Waals surface area contributed by atoms with Gasteiger partial charge in [0.25, 0.3) is 5.91 Å². The van der Waals surface area contributed by atoms with Crippen LogP contribution in [0.5, 0.6) is 0 Å². The van der Waals surface area contributed by atoms with E-state index in [2.05, 4.69) is 46.9 Å². The lowest BCUT2D eigenvalue weighted by Crippen LogP contribution is -2.23. The van der Waals surface area contributed by atoms with Crippen molar-refractivity contribution < 1.29 is 4.79 Å². The maximum Gasteiger partial charge on any atom is 0.251 e. The molecule has 2 aromatic heterocycles. The molecule has 5 nitrogen and oxygen atoms in total. The molecule has 1 N–H and O–H groups in total. The van der Waals surface area contributed by atoms with Crippen molar-refractivity contribution >= 4 is 40.3 Å². The number of benzene rings is 3. The summed E-state index contributed by atoms with van der Waals surface area (Å²) in [6, 6.07) is 23.8. The molecule has 2 heterocycles. The Morgan fingerprint density at radius 2 is 1.81 bits per heavy atom. The molecule has 0 aliphatic rings. The fraction of sp³-hybridized carbons (Fsp3) is 0.167. The van der Waals surface area contributed by atoms with Crippen LogP contribution >= 0.6 is 23.4 Å². The Labute approximate surface area is 225 Å². The second-order valence-electron chi connectivity index (χ2n) is 9.03. The fourth-order valence-corrected chi connectivity index (χ4v) is 5.48. The number of pyridine rings is 1. The lowest BCUT2D eigenvalue weighted by Gasteiger charge is -2.11. The third-order valence-corrected chi connectivity index (χ3v) is 7.72. The van der Waals surface area contributed by atoms with Gasteiger partial charge in [-0.15, -0.1) is 0 Å². The Balaban J connectivity index is 1.31. The number of rotatable bonds is 8. The minimum Gasteiger partial charge on any atom is -0.348 e. The van der Waals surface area contributed by atoms with E-state index in [1.165, 1.54) is 11.1 Å². The number of amides is 1. The van der Waals surface area contributed by atoms with Gasteiger partial charge in [0.1, 0.15) is 0 Å². The van der Waals surface area contributed by atoms with Crippen LogP contribution in [0, 0.1) is 13.8 Å². The number of aryl methyl sites for hydroxylation is 2. The van der Waals surface area contributed by atoms with Gasteiger partial charge in [-0.1, -0.05) is 77.5 Å². The van der Waals surface area contributed by atoms with Gasteiger partial charge in [0.05, 0.1) is 23.8 Å². The zero-order valence-corrected chi connectivity index (χ0v) is 22.3. The molecule has 0 radical (unpaired) electrons. The van der Waals surface area contributed by atoms with E-state index in [0.29, 0.717) is 18.7 Å². The van der Waals surface area contributed by atoms with E-state index in [1.807, 2.05) is 60.8 Å². The number of hydrogen-bond donors (Lipinski definition) is 1. The Kier molecular flexibility index (Phi) is 7.58. The predicted octanol–water partition coefficient (Wildman–Crippen LogP) is 6.97. The zero-order valence-electron chi connectivity index (χ0n) is 20.7. The fourth-order valence-electron chi connectivity index (χ4n) is 4.18. The number of imidazole rings is 1. The normalized spacial score (nSPS) is 11.1. The van der Waals surface area contributed by atoms with Crippen molar-refractivity contribution in [3.63, 3.8) is 0 Å². The largest absolute Gasteiger partial charge is 0.348 e. The lowest BCUT2D eigenvalue weighted by molar-refractivity contribution is 0.0951. The van der Waals surface area contributed by atoms with Gasteiger partial charge in [0.15, 0.2) is 5.16 Å². The van der Waals surface area contributed by atoms with E-state index in [9.17, 15) is 4.79 Å². The SMILES string of the molecule is Cc1ccc(C)c(CNC(=O)c2ccc(Cn3c(SCc4ccccc4Cl)nc4ccncc43)cc2)c1. The summed E-state index contributed by atoms with van der Waals surface area (Å²) in [4.78, 5) is 21.9. The van der Waals surface area contributed by atoms with Crippen molar-refractivity contribution in [2.24, 2.45) is 0 Å². The first kappa shape index (κ1) is 25.1. The third kappa shape index (κ3) is 5.87. The van der Waals surface area contributed by atoms with Crippen LogP contribution in [0.4, 0.5) is 0 Å². The number of hydrogen-bond acceptors (Lipinski definition) is 4. The average Bonchev–Trinajstić information content (AvgIpc) is 3.26. The molecule has 0 bridgehead atoms. The summed E-state index contributed by atoms with van der Waals surface area (Å²) in [6.45, 7) is 5.25. The maximum absolute atomic E-state index is 12.8. The molecule has 0 aliphatic carbocycles. The van der Waals surface area contributed by atoms with Crippen LogP contribution in [0.2, 0.25) is 5.02 Å². The van der Waals surface area contributed by atoms with Crippen molar-refractivity contribution in [1.82, 2.24) is 19.9 Å². The Morgan fingerprint density at radius 1 is 1.00 bits per heavy atom. The number of halogens is 1. The number of carbonyl (C=O) groups is 1. The standard InChI is InChI=1S/C30H27ClN4OS/c1-20-7-8-21(2)25(15-20)16-33-29(36)23-11-9-22(10-12-23)18-35-28-17-32-14-13-27(28)34-30(35)37-19-24-5-3-4-6-26(24)31/h3-15,17H,16,18-19H2,1-2H3,(H,33,36). The first-order valence-corrected chi connectivity index (χ1v) is 13.4. The van der Waals surface area contributed by atoms with Gasteiger partial charge in [-0.05, 0) is 60.4 Å². The first-order valence-electron chi connectivity index (χ1n) is 12.1.